The van der Waals surface area contributed by atoms with Crippen LogP contribution in [-0.2, 0) is 6.54 Å². The van der Waals surface area contributed by atoms with Gasteiger partial charge in [-0.1, -0.05) is 26.0 Å². The van der Waals surface area contributed by atoms with Crippen molar-refractivity contribution in [3.05, 3.63) is 60.3 Å². The first-order chi connectivity index (χ1) is 9.24. The van der Waals surface area contributed by atoms with Crippen LogP contribution in [0.5, 0.6) is 0 Å². The topological polar surface area (TPSA) is 30.7 Å². The van der Waals surface area contributed by atoms with Gasteiger partial charge in [-0.15, -0.1) is 0 Å². The summed E-state index contributed by atoms with van der Waals surface area (Å²) < 4.78 is 2.21. The monoisotopic (exact) mass is 251 g/mol. The molecule has 96 valence electrons. The van der Waals surface area contributed by atoms with E-state index in [1.807, 2.05) is 24.7 Å². The predicted molar refractivity (Wildman–Crippen MR) is 77.2 cm³/mol. The summed E-state index contributed by atoms with van der Waals surface area (Å²) in [5.74, 6) is 1.57. The van der Waals surface area contributed by atoms with Crippen molar-refractivity contribution >= 4 is 10.9 Å². The van der Waals surface area contributed by atoms with Gasteiger partial charge in [-0.25, -0.2) is 4.98 Å². The Bertz CT molecular complexity index is 698. The van der Waals surface area contributed by atoms with Crippen LogP contribution in [0.4, 0.5) is 0 Å². The molecule has 0 radical (unpaired) electrons. The van der Waals surface area contributed by atoms with Crippen LogP contribution in [0, 0.1) is 0 Å². The van der Waals surface area contributed by atoms with Crippen LogP contribution in [0.1, 0.15) is 31.2 Å². The Hall–Kier alpha value is -2.16. The zero-order valence-electron chi connectivity index (χ0n) is 11.2. The molecule has 19 heavy (non-hydrogen) atoms. The van der Waals surface area contributed by atoms with Crippen LogP contribution < -0.4 is 0 Å². The van der Waals surface area contributed by atoms with Crippen molar-refractivity contribution in [1.29, 1.82) is 0 Å². The molecule has 0 saturated carbocycles. The van der Waals surface area contributed by atoms with Gasteiger partial charge in [-0.2, -0.15) is 0 Å². The van der Waals surface area contributed by atoms with E-state index in [0.717, 1.165) is 17.9 Å². The number of rotatable bonds is 3. The summed E-state index contributed by atoms with van der Waals surface area (Å²) in [5, 5.41) is 1.19. The highest BCUT2D eigenvalue weighted by Gasteiger charge is 2.07. The van der Waals surface area contributed by atoms with Crippen LogP contribution in [0.3, 0.4) is 0 Å². The highest BCUT2D eigenvalue weighted by molar-refractivity contribution is 5.78. The Balaban J connectivity index is 1.94. The standard InChI is InChI=1S/C16H17N3/c1-12(2)16-18-8-9-19(16)11-13-5-6-15-14(10-13)4-3-7-17-15/h3-10,12H,11H2,1-2H3. The van der Waals surface area contributed by atoms with E-state index in [0.29, 0.717) is 5.92 Å². The summed E-state index contributed by atoms with van der Waals surface area (Å²) in [6.45, 7) is 5.20. The fraction of sp³-hybridized carbons (Fsp3) is 0.250. The second-order valence-corrected chi connectivity index (χ2v) is 5.10. The van der Waals surface area contributed by atoms with Gasteiger partial charge in [0.2, 0.25) is 0 Å². The van der Waals surface area contributed by atoms with E-state index < -0.39 is 0 Å². The molecule has 0 saturated heterocycles. The molecule has 0 unspecified atom stereocenters. The summed E-state index contributed by atoms with van der Waals surface area (Å²) in [6.07, 6.45) is 5.75. The Kier molecular flexibility index (Phi) is 3.03. The number of pyridine rings is 1. The molecule has 0 amide bonds. The van der Waals surface area contributed by atoms with E-state index in [1.54, 1.807) is 0 Å². The highest BCUT2D eigenvalue weighted by atomic mass is 15.1. The second kappa shape index (κ2) is 4.84. The van der Waals surface area contributed by atoms with Gasteiger partial charge in [0, 0.05) is 36.4 Å². The minimum atomic E-state index is 0.442. The van der Waals surface area contributed by atoms with Crippen LogP contribution >= 0.6 is 0 Å². The average Bonchev–Trinajstić information content (AvgIpc) is 2.87. The van der Waals surface area contributed by atoms with Gasteiger partial charge in [0.1, 0.15) is 5.82 Å². The van der Waals surface area contributed by atoms with Gasteiger partial charge in [-0.05, 0) is 23.8 Å². The van der Waals surface area contributed by atoms with Crippen molar-refractivity contribution < 1.29 is 0 Å². The molecule has 1 aromatic carbocycles. The zero-order chi connectivity index (χ0) is 13.2. The number of imidazole rings is 1. The lowest BCUT2D eigenvalue weighted by Crippen LogP contribution is -2.05. The lowest BCUT2D eigenvalue weighted by molar-refractivity contribution is 0.670. The molecule has 0 aliphatic carbocycles. The van der Waals surface area contributed by atoms with E-state index in [4.69, 9.17) is 0 Å². The van der Waals surface area contributed by atoms with Crippen molar-refractivity contribution in [3.63, 3.8) is 0 Å². The lowest BCUT2D eigenvalue weighted by atomic mass is 10.1. The summed E-state index contributed by atoms with van der Waals surface area (Å²) >= 11 is 0. The maximum atomic E-state index is 4.42. The van der Waals surface area contributed by atoms with Crippen LogP contribution in [-0.4, -0.2) is 14.5 Å². The molecule has 2 heterocycles. The first kappa shape index (κ1) is 11.9. The number of hydrogen-bond donors (Lipinski definition) is 0. The number of hydrogen-bond acceptors (Lipinski definition) is 2. The molecule has 3 nitrogen and oxygen atoms in total. The SMILES string of the molecule is CC(C)c1nccn1Cc1ccc2ncccc2c1. The lowest BCUT2D eigenvalue weighted by Gasteiger charge is -2.10. The Labute approximate surface area is 112 Å². The fourth-order valence-electron chi connectivity index (χ4n) is 2.38. The second-order valence-electron chi connectivity index (χ2n) is 5.10. The van der Waals surface area contributed by atoms with Crippen LogP contribution in [0.15, 0.2) is 48.9 Å². The van der Waals surface area contributed by atoms with Crippen molar-refractivity contribution in [2.75, 3.05) is 0 Å². The van der Waals surface area contributed by atoms with Gasteiger partial charge in [0.25, 0.3) is 0 Å². The molecule has 0 bridgehead atoms. The normalized spacial score (nSPS) is 11.3. The molecule has 0 N–H and O–H groups in total. The molecule has 0 aliphatic heterocycles. The smallest absolute Gasteiger partial charge is 0.111 e. The van der Waals surface area contributed by atoms with E-state index in [1.165, 1.54) is 10.9 Å². The molecular weight excluding hydrogens is 234 g/mol. The maximum Gasteiger partial charge on any atom is 0.111 e. The predicted octanol–water partition coefficient (Wildman–Crippen LogP) is 3.60. The Morgan fingerprint density at radius 2 is 2.00 bits per heavy atom. The number of nitrogens with zero attached hydrogens (tertiary/aromatic N) is 3. The molecule has 0 spiro atoms. The van der Waals surface area contributed by atoms with Crippen LogP contribution in [0.25, 0.3) is 10.9 Å². The van der Waals surface area contributed by atoms with E-state index in [-0.39, 0.29) is 0 Å². The summed E-state index contributed by atoms with van der Waals surface area (Å²) in [5.41, 5.74) is 2.32. The highest BCUT2D eigenvalue weighted by Crippen LogP contribution is 2.17. The quantitative estimate of drug-likeness (QED) is 0.712. The summed E-state index contributed by atoms with van der Waals surface area (Å²) in [6, 6.07) is 10.5. The van der Waals surface area contributed by atoms with Crippen LogP contribution in [0.2, 0.25) is 0 Å². The molecular formula is C16H17N3. The number of aromatic nitrogens is 3. The fourth-order valence-corrected chi connectivity index (χ4v) is 2.38. The molecule has 3 aromatic rings. The first-order valence-corrected chi connectivity index (χ1v) is 6.59. The Morgan fingerprint density at radius 3 is 2.84 bits per heavy atom. The third-order valence-corrected chi connectivity index (χ3v) is 3.28. The van der Waals surface area contributed by atoms with Crippen molar-refractivity contribution in [2.24, 2.45) is 0 Å². The van der Waals surface area contributed by atoms with Gasteiger partial charge < -0.3 is 4.57 Å². The minimum absolute atomic E-state index is 0.442. The van der Waals surface area contributed by atoms with Gasteiger partial charge in [-0.3, -0.25) is 4.98 Å². The van der Waals surface area contributed by atoms with Crippen molar-refractivity contribution in [2.45, 2.75) is 26.3 Å². The van der Waals surface area contributed by atoms with Crippen molar-refractivity contribution in [1.82, 2.24) is 14.5 Å². The van der Waals surface area contributed by atoms with Crippen molar-refractivity contribution in [3.8, 4) is 0 Å². The number of benzene rings is 1. The summed E-state index contributed by atoms with van der Waals surface area (Å²) in [7, 11) is 0. The zero-order valence-corrected chi connectivity index (χ0v) is 11.2. The summed E-state index contributed by atoms with van der Waals surface area (Å²) in [4.78, 5) is 8.77. The first-order valence-electron chi connectivity index (χ1n) is 6.59. The van der Waals surface area contributed by atoms with Gasteiger partial charge in [0.05, 0.1) is 5.52 Å². The molecule has 0 fully saturated rings. The van der Waals surface area contributed by atoms with E-state index >= 15 is 0 Å². The third kappa shape index (κ3) is 2.36. The molecule has 0 atom stereocenters. The van der Waals surface area contributed by atoms with E-state index in [9.17, 15) is 0 Å². The molecule has 3 heteroatoms. The van der Waals surface area contributed by atoms with Gasteiger partial charge in [0.15, 0.2) is 0 Å². The minimum Gasteiger partial charge on any atom is -0.330 e. The third-order valence-electron chi connectivity index (χ3n) is 3.28. The Morgan fingerprint density at radius 1 is 1.11 bits per heavy atom. The van der Waals surface area contributed by atoms with Gasteiger partial charge >= 0.3 is 0 Å². The van der Waals surface area contributed by atoms with E-state index in [2.05, 4.69) is 52.6 Å². The number of fused-ring (bicyclic) bond motifs is 1. The maximum absolute atomic E-state index is 4.42. The average molecular weight is 251 g/mol. The largest absolute Gasteiger partial charge is 0.330 e. The molecule has 3 rings (SSSR count). The molecule has 2 aromatic heterocycles. The molecule has 0 aliphatic rings.